The lowest BCUT2D eigenvalue weighted by Crippen LogP contribution is -2.54. The molecule has 3 heteroatoms. The Hall–Kier alpha value is -0.570. The second-order valence-corrected chi connectivity index (χ2v) is 6.16. The van der Waals surface area contributed by atoms with Crippen molar-refractivity contribution in [2.45, 2.75) is 65.3 Å². The third-order valence-electron chi connectivity index (χ3n) is 4.22. The SMILES string of the molecule is CCN(CC)C1(CC(=O)O)CCCC(C)(C)C1. The van der Waals surface area contributed by atoms with E-state index in [1.54, 1.807) is 0 Å². The van der Waals surface area contributed by atoms with Crippen LogP contribution in [0, 0.1) is 5.41 Å². The predicted octanol–water partition coefficient (Wildman–Crippen LogP) is 3.14. The molecule has 1 aliphatic rings. The van der Waals surface area contributed by atoms with Crippen LogP contribution in [-0.2, 0) is 4.79 Å². The molecule has 0 saturated heterocycles. The Labute approximate surface area is 105 Å². The van der Waals surface area contributed by atoms with Crippen LogP contribution in [0.15, 0.2) is 0 Å². The molecule has 1 fully saturated rings. The maximum Gasteiger partial charge on any atom is 0.305 e. The largest absolute Gasteiger partial charge is 0.481 e. The molecule has 0 amide bonds. The van der Waals surface area contributed by atoms with Crippen molar-refractivity contribution in [3.8, 4) is 0 Å². The van der Waals surface area contributed by atoms with Crippen molar-refractivity contribution < 1.29 is 9.90 Å². The van der Waals surface area contributed by atoms with Gasteiger partial charge in [0.1, 0.15) is 0 Å². The van der Waals surface area contributed by atoms with Gasteiger partial charge in [-0.2, -0.15) is 0 Å². The van der Waals surface area contributed by atoms with Gasteiger partial charge >= 0.3 is 5.97 Å². The standard InChI is InChI=1S/C14H27NO2/c1-5-15(6-2)14(10-12(16)17)9-7-8-13(3,4)11-14/h5-11H2,1-4H3,(H,16,17). The summed E-state index contributed by atoms with van der Waals surface area (Å²) in [6.07, 6.45) is 4.70. The van der Waals surface area contributed by atoms with Gasteiger partial charge in [0.25, 0.3) is 0 Å². The first-order valence-electron chi connectivity index (χ1n) is 6.82. The van der Waals surface area contributed by atoms with Crippen LogP contribution < -0.4 is 0 Å². The number of carboxylic acid groups (broad SMARTS) is 1. The second-order valence-electron chi connectivity index (χ2n) is 6.16. The third kappa shape index (κ3) is 3.44. The van der Waals surface area contributed by atoms with Crippen LogP contribution in [0.25, 0.3) is 0 Å². The van der Waals surface area contributed by atoms with Crippen molar-refractivity contribution in [2.24, 2.45) is 5.41 Å². The Kier molecular flexibility index (Phi) is 4.59. The molecule has 3 nitrogen and oxygen atoms in total. The number of rotatable bonds is 5. The van der Waals surface area contributed by atoms with Gasteiger partial charge in [-0.1, -0.05) is 34.1 Å². The van der Waals surface area contributed by atoms with Crippen LogP contribution in [0.5, 0.6) is 0 Å². The van der Waals surface area contributed by atoms with Gasteiger partial charge in [-0.3, -0.25) is 9.69 Å². The van der Waals surface area contributed by atoms with Gasteiger partial charge in [-0.15, -0.1) is 0 Å². The highest BCUT2D eigenvalue weighted by Gasteiger charge is 2.44. The van der Waals surface area contributed by atoms with Crippen LogP contribution in [0.1, 0.15) is 59.8 Å². The average Bonchev–Trinajstić information content (AvgIpc) is 2.16. The third-order valence-corrected chi connectivity index (χ3v) is 4.22. The fraction of sp³-hybridized carbons (Fsp3) is 0.929. The number of aliphatic carboxylic acids is 1. The van der Waals surface area contributed by atoms with Crippen LogP contribution >= 0.6 is 0 Å². The molecule has 1 atom stereocenters. The Morgan fingerprint density at radius 3 is 2.24 bits per heavy atom. The Balaban J connectivity index is 2.96. The first kappa shape index (κ1) is 14.5. The highest BCUT2D eigenvalue weighted by Crippen LogP contribution is 2.45. The van der Waals surface area contributed by atoms with E-state index in [9.17, 15) is 9.90 Å². The molecule has 100 valence electrons. The van der Waals surface area contributed by atoms with Crippen molar-refractivity contribution in [2.75, 3.05) is 13.1 Å². The van der Waals surface area contributed by atoms with Crippen molar-refractivity contribution in [3.05, 3.63) is 0 Å². The summed E-state index contributed by atoms with van der Waals surface area (Å²) in [5.41, 5.74) is 0.160. The van der Waals surface area contributed by atoms with Crippen LogP contribution in [0.2, 0.25) is 0 Å². The Bertz CT molecular complexity index is 271. The van der Waals surface area contributed by atoms with E-state index in [0.29, 0.717) is 0 Å². The highest BCUT2D eigenvalue weighted by atomic mass is 16.4. The summed E-state index contributed by atoms with van der Waals surface area (Å²) in [6.45, 7) is 10.7. The van der Waals surface area contributed by atoms with Crippen molar-refractivity contribution in [3.63, 3.8) is 0 Å². The quantitative estimate of drug-likeness (QED) is 0.804. The molecule has 1 saturated carbocycles. The zero-order valence-electron chi connectivity index (χ0n) is 11.8. The van der Waals surface area contributed by atoms with E-state index in [1.807, 2.05) is 0 Å². The molecule has 0 aliphatic heterocycles. The molecule has 0 aromatic heterocycles. The minimum atomic E-state index is -0.658. The lowest BCUT2D eigenvalue weighted by atomic mass is 9.66. The zero-order chi connectivity index (χ0) is 13.1. The van der Waals surface area contributed by atoms with Crippen molar-refractivity contribution in [1.29, 1.82) is 0 Å². The molecule has 1 unspecified atom stereocenters. The van der Waals surface area contributed by atoms with Gasteiger partial charge in [-0.05, 0) is 37.8 Å². The van der Waals surface area contributed by atoms with Crippen LogP contribution in [0.3, 0.4) is 0 Å². The highest BCUT2D eigenvalue weighted by molar-refractivity contribution is 5.68. The Morgan fingerprint density at radius 2 is 1.82 bits per heavy atom. The van der Waals surface area contributed by atoms with E-state index in [4.69, 9.17) is 0 Å². The molecule has 0 spiro atoms. The van der Waals surface area contributed by atoms with Crippen molar-refractivity contribution >= 4 is 5.97 Å². The molecule has 0 bridgehead atoms. The molecule has 0 aromatic carbocycles. The van der Waals surface area contributed by atoms with Crippen LogP contribution in [-0.4, -0.2) is 34.6 Å². The molecular weight excluding hydrogens is 214 g/mol. The second kappa shape index (κ2) is 5.38. The minimum absolute atomic E-state index is 0.114. The number of carboxylic acids is 1. The Morgan fingerprint density at radius 1 is 1.24 bits per heavy atom. The van der Waals surface area contributed by atoms with Gasteiger partial charge in [0.05, 0.1) is 6.42 Å². The molecule has 0 heterocycles. The molecule has 0 radical (unpaired) electrons. The van der Waals surface area contributed by atoms with Gasteiger partial charge in [-0.25, -0.2) is 0 Å². The number of hydrogen-bond acceptors (Lipinski definition) is 2. The molecular formula is C14H27NO2. The monoisotopic (exact) mass is 241 g/mol. The summed E-state index contributed by atoms with van der Waals surface area (Å²) in [5.74, 6) is -0.658. The van der Waals surface area contributed by atoms with E-state index in [1.165, 1.54) is 6.42 Å². The summed E-state index contributed by atoms with van der Waals surface area (Å²) in [5, 5.41) is 9.21. The fourth-order valence-electron chi connectivity index (χ4n) is 3.67. The van der Waals surface area contributed by atoms with E-state index < -0.39 is 5.97 Å². The topological polar surface area (TPSA) is 40.5 Å². The smallest absolute Gasteiger partial charge is 0.305 e. The maximum absolute atomic E-state index is 11.2. The maximum atomic E-state index is 11.2. The van der Waals surface area contributed by atoms with E-state index >= 15 is 0 Å². The van der Waals surface area contributed by atoms with E-state index in [2.05, 4.69) is 32.6 Å². The minimum Gasteiger partial charge on any atom is -0.481 e. The summed E-state index contributed by atoms with van der Waals surface area (Å²) < 4.78 is 0. The summed E-state index contributed by atoms with van der Waals surface area (Å²) >= 11 is 0. The van der Waals surface area contributed by atoms with E-state index in [-0.39, 0.29) is 17.4 Å². The summed E-state index contributed by atoms with van der Waals surface area (Å²) in [4.78, 5) is 13.6. The predicted molar refractivity (Wildman–Crippen MR) is 70.2 cm³/mol. The average molecular weight is 241 g/mol. The van der Waals surface area contributed by atoms with Crippen molar-refractivity contribution in [1.82, 2.24) is 4.90 Å². The van der Waals surface area contributed by atoms with Gasteiger partial charge in [0.15, 0.2) is 0 Å². The molecule has 1 N–H and O–H groups in total. The molecule has 1 rings (SSSR count). The van der Waals surface area contributed by atoms with E-state index in [0.717, 1.165) is 32.4 Å². The summed E-state index contributed by atoms with van der Waals surface area (Å²) in [7, 11) is 0. The number of carbonyl (C=O) groups is 1. The molecule has 1 aliphatic carbocycles. The first-order chi connectivity index (χ1) is 7.85. The number of hydrogen-bond donors (Lipinski definition) is 1. The lowest BCUT2D eigenvalue weighted by Gasteiger charge is -2.50. The first-order valence-corrected chi connectivity index (χ1v) is 6.82. The summed E-state index contributed by atoms with van der Waals surface area (Å²) in [6, 6.07) is 0. The fourth-order valence-corrected chi connectivity index (χ4v) is 3.67. The number of nitrogens with zero attached hydrogens (tertiary/aromatic N) is 1. The van der Waals surface area contributed by atoms with Crippen LogP contribution in [0.4, 0.5) is 0 Å². The molecule has 0 aromatic rings. The van der Waals surface area contributed by atoms with Gasteiger partial charge in [0, 0.05) is 5.54 Å². The molecule has 17 heavy (non-hydrogen) atoms. The normalized spacial score (nSPS) is 28.3. The van der Waals surface area contributed by atoms with Gasteiger partial charge in [0.2, 0.25) is 0 Å². The van der Waals surface area contributed by atoms with Gasteiger partial charge < -0.3 is 5.11 Å². The zero-order valence-corrected chi connectivity index (χ0v) is 11.8. The lowest BCUT2D eigenvalue weighted by molar-refractivity contribution is -0.142.